The largest absolute Gasteiger partial charge is 0.409 e. The molecular weight excluding hydrogens is 142 g/mol. The van der Waals surface area contributed by atoms with Crippen molar-refractivity contribution in [3.63, 3.8) is 0 Å². The average molecular weight is 157 g/mol. The number of amidine groups is 1. The molecule has 3 atom stereocenters. The Morgan fingerprint density at radius 3 is 2.73 bits per heavy atom. The Kier molecular flexibility index (Phi) is 2.34. The third-order valence-electron chi connectivity index (χ3n) is 2.13. The van der Waals surface area contributed by atoms with Gasteiger partial charge in [0.25, 0.3) is 0 Å². The maximum atomic E-state index is 8.33. The highest BCUT2D eigenvalue weighted by atomic mass is 16.4. The fourth-order valence-corrected chi connectivity index (χ4v) is 1.05. The first kappa shape index (κ1) is 8.33. The highest BCUT2D eigenvalue weighted by Gasteiger charge is 2.33. The lowest BCUT2D eigenvalue weighted by Crippen LogP contribution is -2.40. The van der Waals surface area contributed by atoms with Gasteiger partial charge in [-0.1, -0.05) is 12.1 Å². The molecule has 1 aliphatic carbocycles. The number of hydrogen-bond donors (Lipinski definition) is 3. The molecule has 4 nitrogen and oxygen atoms in total. The zero-order chi connectivity index (χ0) is 8.43. The van der Waals surface area contributed by atoms with Gasteiger partial charge in [0.1, 0.15) is 0 Å². The van der Waals surface area contributed by atoms with E-state index in [0.717, 1.165) is 5.92 Å². The first-order valence-electron chi connectivity index (χ1n) is 3.88. The van der Waals surface area contributed by atoms with Crippen molar-refractivity contribution in [2.45, 2.75) is 32.4 Å². The van der Waals surface area contributed by atoms with Crippen molar-refractivity contribution >= 4 is 5.84 Å². The summed E-state index contributed by atoms with van der Waals surface area (Å²) in [5, 5.41) is 14.5. The van der Waals surface area contributed by atoms with E-state index in [1.165, 1.54) is 6.42 Å². The van der Waals surface area contributed by atoms with Crippen LogP contribution in [0.3, 0.4) is 0 Å². The molecule has 0 radical (unpaired) electrons. The van der Waals surface area contributed by atoms with Gasteiger partial charge in [0.15, 0.2) is 5.84 Å². The van der Waals surface area contributed by atoms with Crippen LogP contribution in [0.1, 0.15) is 20.3 Å². The van der Waals surface area contributed by atoms with Gasteiger partial charge in [0.2, 0.25) is 0 Å². The van der Waals surface area contributed by atoms with E-state index in [1.807, 2.05) is 6.92 Å². The Hall–Kier alpha value is -0.770. The summed E-state index contributed by atoms with van der Waals surface area (Å²) in [6, 6.07) is 0.542. The SMILES string of the molecule is CC(NC1CC1C)/C(N)=N/O. The minimum atomic E-state index is -0.0186. The molecule has 1 saturated carbocycles. The van der Waals surface area contributed by atoms with Gasteiger partial charge in [0, 0.05) is 6.04 Å². The van der Waals surface area contributed by atoms with E-state index in [2.05, 4.69) is 17.4 Å². The summed E-state index contributed by atoms with van der Waals surface area (Å²) in [5.74, 6) is 0.994. The van der Waals surface area contributed by atoms with Crippen molar-refractivity contribution in [2.75, 3.05) is 0 Å². The normalized spacial score (nSPS) is 33.5. The monoisotopic (exact) mass is 157 g/mol. The van der Waals surface area contributed by atoms with Crippen molar-refractivity contribution in [1.29, 1.82) is 0 Å². The van der Waals surface area contributed by atoms with Crippen LogP contribution in [-0.4, -0.2) is 23.1 Å². The summed E-state index contributed by atoms with van der Waals surface area (Å²) in [6.07, 6.45) is 1.20. The zero-order valence-corrected chi connectivity index (χ0v) is 6.91. The van der Waals surface area contributed by atoms with E-state index < -0.39 is 0 Å². The Morgan fingerprint density at radius 1 is 1.82 bits per heavy atom. The molecule has 0 aliphatic heterocycles. The fourth-order valence-electron chi connectivity index (χ4n) is 1.05. The molecule has 0 aromatic heterocycles. The van der Waals surface area contributed by atoms with E-state index in [9.17, 15) is 0 Å². The summed E-state index contributed by atoms with van der Waals surface area (Å²) >= 11 is 0. The van der Waals surface area contributed by atoms with Gasteiger partial charge >= 0.3 is 0 Å². The van der Waals surface area contributed by atoms with Crippen molar-refractivity contribution in [3.05, 3.63) is 0 Å². The van der Waals surface area contributed by atoms with Crippen LogP contribution in [0.25, 0.3) is 0 Å². The molecule has 1 fully saturated rings. The average Bonchev–Trinajstić information content (AvgIpc) is 2.65. The van der Waals surface area contributed by atoms with Gasteiger partial charge < -0.3 is 16.3 Å². The van der Waals surface area contributed by atoms with Gasteiger partial charge in [-0.2, -0.15) is 0 Å². The second-order valence-electron chi connectivity index (χ2n) is 3.23. The molecule has 0 bridgehead atoms. The van der Waals surface area contributed by atoms with Gasteiger partial charge in [0.05, 0.1) is 6.04 Å². The van der Waals surface area contributed by atoms with E-state index >= 15 is 0 Å². The van der Waals surface area contributed by atoms with Crippen LogP contribution in [-0.2, 0) is 0 Å². The van der Waals surface area contributed by atoms with Crippen LogP contribution in [0.5, 0.6) is 0 Å². The summed E-state index contributed by atoms with van der Waals surface area (Å²) in [4.78, 5) is 0. The molecule has 1 rings (SSSR count). The second kappa shape index (κ2) is 3.09. The van der Waals surface area contributed by atoms with Crippen LogP contribution >= 0.6 is 0 Å². The van der Waals surface area contributed by atoms with Crippen molar-refractivity contribution < 1.29 is 5.21 Å². The number of hydrogen-bond acceptors (Lipinski definition) is 3. The van der Waals surface area contributed by atoms with Gasteiger partial charge in [-0.15, -0.1) is 0 Å². The highest BCUT2D eigenvalue weighted by molar-refractivity contribution is 5.84. The first-order chi connectivity index (χ1) is 5.15. The van der Waals surface area contributed by atoms with Gasteiger partial charge in [-0.25, -0.2) is 0 Å². The summed E-state index contributed by atoms with van der Waals surface area (Å²) in [7, 11) is 0. The lowest BCUT2D eigenvalue weighted by Gasteiger charge is -2.10. The van der Waals surface area contributed by atoms with Gasteiger partial charge in [-0.3, -0.25) is 0 Å². The maximum absolute atomic E-state index is 8.33. The number of rotatable bonds is 3. The smallest absolute Gasteiger partial charge is 0.156 e. The predicted octanol–water partition coefficient (Wildman–Crippen LogP) is 0.119. The number of nitrogens with one attached hydrogen (secondary N) is 1. The molecule has 0 aromatic rings. The maximum Gasteiger partial charge on any atom is 0.156 e. The van der Waals surface area contributed by atoms with E-state index in [0.29, 0.717) is 6.04 Å². The number of oxime groups is 1. The van der Waals surface area contributed by atoms with Gasteiger partial charge in [-0.05, 0) is 19.3 Å². The van der Waals surface area contributed by atoms with Crippen LogP contribution in [0.2, 0.25) is 0 Å². The Balaban J connectivity index is 2.26. The standard InChI is InChI=1S/C7H15N3O/c1-4-3-6(4)9-5(2)7(8)10-11/h4-6,9,11H,3H2,1-2H3,(H2,8,10). The quantitative estimate of drug-likeness (QED) is 0.236. The molecule has 0 aromatic carbocycles. The van der Waals surface area contributed by atoms with Crippen LogP contribution in [0.4, 0.5) is 0 Å². The summed E-state index contributed by atoms with van der Waals surface area (Å²) in [5.41, 5.74) is 5.38. The predicted molar refractivity (Wildman–Crippen MR) is 43.6 cm³/mol. The molecule has 11 heavy (non-hydrogen) atoms. The molecule has 1 aliphatic rings. The van der Waals surface area contributed by atoms with E-state index in [1.54, 1.807) is 0 Å². The minimum Gasteiger partial charge on any atom is -0.409 e. The molecule has 4 heteroatoms. The summed E-state index contributed by atoms with van der Waals surface area (Å²) in [6.45, 7) is 4.07. The second-order valence-corrected chi connectivity index (χ2v) is 3.23. The number of nitrogens with zero attached hydrogens (tertiary/aromatic N) is 1. The van der Waals surface area contributed by atoms with Crippen molar-refractivity contribution in [1.82, 2.24) is 5.32 Å². The topological polar surface area (TPSA) is 70.6 Å². The fraction of sp³-hybridized carbons (Fsp3) is 0.857. The molecule has 3 unspecified atom stereocenters. The molecular formula is C7H15N3O. The van der Waals surface area contributed by atoms with Crippen LogP contribution in [0, 0.1) is 5.92 Å². The molecule has 0 saturated heterocycles. The molecule has 4 N–H and O–H groups in total. The third-order valence-corrected chi connectivity index (χ3v) is 2.13. The molecule has 64 valence electrons. The Bertz CT molecular complexity index is 169. The van der Waals surface area contributed by atoms with Crippen LogP contribution < -0.4 is 11.1 Å². The lowest BCUT2D eigenvalue weighted by molar-refractivity contribution is 0.315. The van der Waals surface area contributed by atoms with E-state index in [4.69, 9.17) is 10.9 Å². The molecule has 0 heterocycles. The van der Waals surface area contributed by atoms with Crippen LogP contribution in [0.15, 0.2) is 5.16 Å². The van der Waals surface area contributed by atoms with Crippen molar-refractivity contribution in [3.8, 4) is 0 Å². The highest BCUT2D eigenvalue weighted by Crippen LogP contribution is 2.29. The van der Waals surface area contributed by atoms with Crippen molar-refractivity contribution in [2.24, 2.45) is 16.8 Å². The zero-order valence-electron chi connectivity index (χ0n) is 6.91. The number of nitrogens with two attached hydrogens (primary N) is 1. The summed E-state index contributed by atoms with van der Waals surface area (Å²) < 4.78 is 0. The lowest BCUT2D eigenvalue weighted by atomic mass is 10.3. The first-order valence-corrected chi connectivity index (χ1v) is 3.88. The Morgan fingerprint density at radius 2 is 2.36 bits per heavy atom. The van der Waals surface area contributed by atoms with E-state index in [-0.39, 0.29) is 11.9 Å². The molecule has 0 spiro atoms. The third kappa shape index (κ3) is 2.08. The minimum absolute atomic E-state index is 0.0186. The molecule has 0 amide bonds. The Labute approximate surface area is 66.5 Å².